The van der Waals surface area contributed by atoms with E-state index < -0.39 is 5.82 Å². The van der Waals surface area contributed by atoms with Crippen LogP contribution in [-0.2, 0) is 9.59 Å². The van der Waals surface area contributed by atoms with Crippen molar-refractivity contribution in [1.29, 1.82) is 0 Å². The van der Waals surface area contributed by atoms with Crippen LogP contribution >= 0.6 is 0 Å². The van der Waals surface area contributed by atoms with Crippen LogP contribution in [-0.4, -0.2) is 43.4 Å². The number of carbonyl (C=O) groups is 2. The number of benzene rings is 1. The number of carbonyl (C=O) groups excluding carboxylic acids is 2. The molecule has 1 aromatic rings. The largest absolute Gasteiger partial charge is 0.396 e. The molecule has 2 amide bonds. The zero-order valence-electron chi connectivity index (χ0n) is 11.6. The van der Waals surface area contributed by atoms with Crippen molar-refractivity contribution in [3.05, 3.63) is 24.0 Å². The van der Waals surface area contributed by atoms with Gasteiger partial charge in [0.2, 0.25) is 11.8 Å². The number of hydrogen-bond donors (Lipinski definition) is 3. The first-order chi connectivity index (χ1) is 9.42. The van der Waals surface area contributed by atoms with Gasteiger partial charge < -0.3 is 16.4 Å². The van der Waals surface area contributed by atoms with Gasteiger partial charge in [0, 0.05) is 12.2 Å². The van der Waals surface area contributed by atoms with Gasteiger partial charge in [-0.05, 0) is 32.2 Å². The summed E-state index contributed by atoms with van der Waals surface area (Å²) in [5.41, 5.74) is 5.79. The molecule has 0 aliphatic carbocycles. The molecule has 7 heteroatoms. The first-order valence-electron chi connectivity index (χ1n) is 6.22. The Morgan fingerprint density at radius 1 is 1.30 bits per heavy atom. The van der Waals surface area contributed by atoms with Gasteiger partial charge in [-0.25, -0.2) is 4.39 Å². The number of nitrogens with two attached hydrogens (primary N) is 1. The first kappa shape index (κ1) is 15.9. The fourth-order valence-electron chi connectivity index (χ4n) is 1.62. The molecule has 20 heavy (non-hydrogen) atoms. The maximum Gasteiger partial charge on any atom is 0.238 e. The Hall–Kier alpha value is -2.15. The van der Waals surface area contributed by atoms with Crippen molar-refractivity contribution in [2.45, 2.75) is 6.92 Å². The summed E-state index contributed by atoms with van der Waals surface area (Å²) in [7, 11) is 1.66. The van der Waals surface area contributed by atoms with Crippen molar-refractivity contribution in [1.82, 2.24) is 10.2 Å². The number of halogens is 1. The monoisotopic (exact) mass is 282 g/mol. The van der Waals surface area contributed by atoms with Crippen LogP contribution in [0.3, 0.4) is 0 Å². The van der Waals surface area contributed by atoms with Crippen molar-refractivity contribution in [2.24, 2.45) is 0 Å². The average molecular weight is 282 g/mol. The highest BCUT2D eigenvalue weighted by Crippen LogP contribution is 2.16. The molecule has 0 aromatic heterocycles. The Balaban J connectivity index is 2.46. The maximum absolute atomic E-state index is 13.0. The predicted molar refractivity (Wildman–Crippen MR) is 75.6 cm³/mol. The molecular formula is C13H19FN4O2. The second-order valence-corrected chi connectivity index (χ2v) is 4.41. The molecule has 0 radical (unpaired) electrons. The summed E-state index contributed by atoms with van der Waals surface area (Å²) in [5, 5.41) is 5.23. The number of hydrogen-bond acceptors (Lipinski definition) is 4. The number of nitrogens with zero attached hydrogens (tertiary/aromatic N) is 1. The third kappa shape index (κ3) is 5.23. The molecule has 0 saturated heterocycles. The zero-order chi connectivity index (χ0) is 15.1. The lowest BCUT2D eigenvalue weighted by atomic mass is 10.2. The molecule has 6 nitrogen and oxygen atoms in total. The Bertz CT molecular complexity index is 493. The highest BCUT2D eigenvalue weighted by Gasteiger charge is 2.10. The molecule has 110 valence electrons. The SMILES string of the molecule is CCNC(=O)CN(C)CC(=O)Nc1ccc(F)c(N)c1. The van der Waals surface area contributed by atoms with E-state index in [2.05, 4.69) is 10.6 Å². The molecule has 0 fully saturated rings. The summed E-state index contributed by atoms with van der Waals surface area (Å²) in [6.07, 6.45) is 0. The summed E-state index contributed by atoms with van der Waals surface area (Å²) in [6, 6.07) is 3.95. The van der Waals surface area contributed by atoms with Crippen molar-refractivity contribution in [2.75, 3.05) is 37.7 Å². The molecule has 0 bridgehead atoms. The second kappa shape index (κ2) is 7.44. The van der Waals surface area contributed by atoms with Crippen LogP contribution in [0.5, 0.6) is 0 Å². The Labute approximate surface area is 117 Å². The average Bonchev–Trinajstić information content (AvgIpc) is 2.33. The fraction of sp³-hybridized carbons (Fsp3) is 0.385. The highest BCUT2D eigenvalue weighted by molar-refractivity contribution is 5.93. The zero-order valence-corrected chi connectivity index (χ0v) is 11.6. The summed E-state index contributed by atoms with van der Waals surface area (Å²) in [5.74, 6) is -0.979. The number of nitrogens with one attached hydrogen (secondary N) is 2. The van der Waals surface area contributed by atoms with E-state index in [1.807, 2.05) is 6.92 Å². The van der Waals surface area contributed by atoms with Crippen molar-refractivity contribution in [3.8, 4) is 0 Å². The number of likely N-dealkylation sites (N-methyl/N-ethyl adjacent to an activating group) is 2. The molecule has 0 atom stereocenters. The van der Waals surface area contributed by atoms with Crippen LogP contribution in [0.25, 0.3) is 0 Å². The molecule has 0 saturated carbocycles. The predicted octanol–water partition coefficient (Wildman–Crippen LogP) is 0.414. The number of nitrogen functional groups attached to an aromatic ring is 1. The Morgan fingerprint density at radius 3 is 2.55 bits per heavy atom. The van der Waals surface area contributed by atoms with Gasteiger partial charge in [0.05, 0.1) is 18.8 Å². The Morgan fingerprint density at radius 2 is 1.95 bits per heavy atom. The lowest BCUT2D eigenvalue weighted by Gasteiger charge is -2.15. The molecule has 4 N–H and O–H groups in total. The van der Waals surface area contributed by atoms with Crippen LogP contribution in [0.2, 0.25) is 0 Å². The highest BCUT2D eigenvalue weighted by atomic mass is 19.1. The van der Waals surface area contributed by atoms with E-state index in [1.165, 1.54) is 18.2 Å². The van der Waals surface area contributed by atoms with E-state index in [9.17, 15) is 14.0 Å². The van der Waals surface area contributed by atoms with E-state index in [-0.39, 0.29) is 30.6 Å². The van der Waals surface area contributed by atoms with Crippen molar-refractivity contribution in [3.63, 3.8) is 0 Å². The number of anilines is 2. The molecule has 0 aliphatic rings. The molecule has 0 spiro atoms. The third-order valence-electron chi connectivity index (χ3n) is 2.48. The van der Waals surface area contributed by atoms with Gasteiger partial charge in [-0.2, -0.15) is 0 Å². The van der Waals surface area contributed by atoms with Crippen LogP contribution in [0.4, 0.5) is 15.8 Å². The second-order valence-electron chi connectivity index (χ2n) is 4.41. The van der Waals surface area contributed by atoms with Crippen LogP contribution < -0.4 is 16.4 Å². The quantitative estimate of drug-likeness (QED) is 0.660. The third-order valence-corrected chi connectivity index (χ3v) is 2.48. The first-order valence-corrected chi connectivity index (χ1v) is 6.22. The Kier molecular flexibility index (Phi) is 5.92. The van der Waals surface area contributed by atoms with Gasteiger partial charge in [0.25, 0.3) is 0 Å². The van der Waals surface area contributed by atoms with Crippen molar-refractivity contribution < 1.29 is 14.0 Å². The van der Waals surface area contributed by atoms with Gasteiger partial charge >= 0.3 is 0 Å². The van der Waals surface area contributed by atoms with Gasteiger partial charge in [-0.3, -0.25) is 14.5 Å². The molecular weight excluding hydrogens is 263 g/mol. The standard InChI is InChI=1S/C13H19FN4O2/c1-3-16-12(19)7-18(2)8-13(20)17-9-4-5-10(14)11(15)6-9/h4-6H,3,7-8,15H2,1-2H3,(H,16,19)(H,17,20). The van der Waals surface area contributed by atoms with E-state index in [0.29, 0.717) is 12.2 Å². The maximum atomic E-state index is 13.0. The van der Waals surface area contributed by atoms with Crippen LogP contribution in [0.15, 0.2) is 18.2 Å². The summed E-state index contributed by atoms with van der Waals surface area (Å²) in [4.78, 5) is 24.6. The lowest BCUT2D eigenvalue weighted by molar-refractivity contribution is -0.122. The van der Waals surface area contributed by atoms with Gasteiger partial charge in [0.15, 0.2) is 0 Å². The molecule has 1 aromatic carbocycles. The summed E-state index contributed by atoms with van der Waals surface area (Å²) in [6.45, 7) is 2.55. The van der Waals surface area contributed by atoms with Crippen molar-refractivity contribution >= 4 is 23.2 Å². The van der Waals surface area contributed by atoms with Crippen LogP contribution in [0, 0.1) is 5.82 Å². The van der Waals surface area contributed by atoms with E-state index in [1.54, 1.807) is 11.9 Å². The molecule has 0 aliphatic heterocycles. The van der Waals surface area contributed by atoms with Crippen LogP contribution in [0.1, 0.15) is 6.92 Å². The topological polar surface area (TPSA) is 87.5 Å². The number of rotatable bonds is 6. The van der Waals surface area contributed by atoms with E-state index in [4.69, 9.17) is 5.73 Å². The van der Waals surface area contributed by atoms with Gasteiger partial charge in [-0.1, -0.05) is 0 Å². The van der Waals surface area contributed by atoms with E-state index >= 15 is 0 Å². The molecule has 0 heterocycles. The normalized spacial score (nSPS) is 10.4. The molecule has 0 unspecified atom stereocenters. The van der Waals surface area contributed by atoms with Gasteiger partial charge in [-0.15, -0.1) is 0 Å². The lowest BCUT2D eigenvalue weighted by Crippen LogP contribution is -2.38. The summed E-state index contributed by atoms with van der Waals surface area (Å²) < 4.78 is 13.0. The minimum absolute atomic E-state index is 0.0292. The summed E-state index contributed by atoms with van der Waals surface area (Å²) >= 11 is 0. The van der Waals surface area contributed by atoms with Gasteiger partial charge in [0.1, 0.15) is 5.82 Å². The molecule has 1 rings (SSSR count). The fourth-order valence-corrected chi connectivity index (χ4v) is 1.62. The number of amides is 2. The smallest absolute Gasteiger partial charge is 0.238 e. The minimum atomic E-state index is -0.531. The minimum Gasteiger partial charge on any atom is -0.396 e. The van der Waals surface area contributed by atoms with E-state index in [0.717, 1.165) is 0 Å².